The van der Waals surface area contributed by atoms with Crippen molar-refractivity contribution in [3.63, 3.8) is 0 Å². The highest BCUT2D eigenvalue weighted by atomic mass is 16.5. The fourth-order valence-corrected chi connectivity index (χ4v) is 2.15. The van der Waals surface area contributed by atoms with Gasteiger partial charge in [-0.05, 0) is 26.3 Å². The Labute approximate surface area is 99.9 Å². The lowest BCUT2D eigenvalue weighted by Crippen LogP contribution is -2.38. The van der Waals surface area contributed by atoms with Gasteiger partial charge in [-0.3, -0.25) is 9.69 Å². The van der Waals surface area contributed by atoms with Gasteiger partial charge in [-0.15, -0.1) is 0 Å². The molecule has 0 aromatic carbocycles. The van der Waals surface area contributed by atoms with Crippen molar-refractivity contribution < 1.29 is 14.1 Å². The Morgan fingerprint density at radius 2 is 2.47 bits per heavy atom. The fraction of sp³-hybridized carbons (Fsp3) is 0.727. The summed E-state index contributed by atoms with van der Waals surface area (Å²) in [6.07, 6.45) is 1.89. The highest BCUT2D eigenvalue weighted by Crippen LogP contribution is 2.19. The number of hydrogen-bond donors (Lipinski definition) is 0. The molecule has 0 saturated carbocycles. The van der Waals surface area contributed by atoms with Crippen molar-refractivity contribution in [3.05, 3.63) is 11.7 Å². The molecule has 1 aliphatic heterocycles. The van der Waals surface area contributed by atoms with E-state index in [1.54, 1.807) is 6.92 Å². The largest absolute Gasteiger partial charge is 0.469 e. The van der Waals surface area contributed by atoms with Crippen LogP contribution in [0.5, 0.6) is 0 Å². The number of carbonyl (C=O) groups is 1. The highest BCUT2D eigenvalue weighted by molar-refractivity contribution is 5.72. The SMILES string of the molecule is COC(=O)[C@H]1CCCN(Cc2nc(C)no2)C1. The molecule has 0 aliphatic carbocycles. The smallest absolute Gasteiger partial charge is 0.309 e. The molecule has 1 aromatic rings. The zero-order chi connectivity index (χ0) is 12.3. The normalized spacial score (nSPS) is 21.4. The first-order chi connectivity index (χ1) is 8.19. The summed E-state index contributed by atoms with van der Waals surface area (Å²) < 4.78 is 9.85. The lowest BCUT2D eigenvalue weighted by atomic mass is 9.98. The van der Waals surface area contributed by atoms with E-state index in [4.69, 9.17) is 9.26 Å². The number of ether oxygens (including phenoxy) is 1. The van der Waals surface area contributed by atoms with Gasteiger partial charge in [0.1, 0.15) is 0 Å². The minimum absolute atomic E-state index is 0.0298. The number of nitrogens with zero attached hydrogens (tertiary/aromatic N) is 3. The summed E-state index contributed by atoms with van der Waals surface area (Å²) in [5, 5.41) is 3.75. The van der Waals surface area contributed by atoms with Gasteiger partial charge in [0.25, 0.3) is 0 Å². The maximum absolute atomic E-state index is 11.5. The van der Waals surface area contributed by atoms with Gasteiger partial charge in [-0.25, -0.2) is 0 Å². The molecule has 1 fully saturated rings. The van der Waals surface area contributed by atoms with Crippen molar-refractivity contribution >= 4 is 5.97 Å². The molecule has 0 N–H and O–H groups in total. The quantitative estimate of drug-likeness (QED) is 0.725. The predicted octanol–water partition coefficient (Wildman–Crippen LogP) is 0.763. The average molecular weight is 239 g/mol. The Bertz CT molecular complexity index is 391. The molecule has 0 bridgehead atoms. The maximum Gasteiger partial charge on any atom is 0.309 e. The number of esters is 1. The van der Waals surface area contributed by atoms with E-state index < -0.39 is 0 Å². The Hall–Kier alpha value is -1.43. The molecule has 94 valence electrons. The number of methoxy groups -OCH3 is 1. The molecule has 17 heavy (non-hydrogen) atoms. The van der Waals surface area contributed by atoms with E-state index in [0.29, 0.717) is 24.8 Å². The van der Waals surface area contributed by atoms with Crippen molar-refractivity contribution in [1.29, 1.82) is 0 Å². The average Bonchev–Trinajstić information content (AvgIpc) is 2.74. The first-order valence-corrected chi connectivity index (χ1v) is 5.78. The number of likely N-dealkylation sites (tertiary alicyclic amines) is 1. The second kappa shape index (κ2) is 5.27. The van der Waals surface area contributed by atoms with Gasteiger partial charge >= 0.3 is 5.97 Å². The van der Waals surface area contributed by atoms with Crippen LogP contribution in [0.25, 0.3) is 0 Å². The zero-order valence-electron chi connectivity index (χ0n) is 10.2. The van der Waals surface area contributed by atoms with Crippen LogP contribution < -0.4 is 0 Å². The second-order valence-electron chi connectivity index (χ2n) is 4.33. The van der Waals surface area contributed by atoms with Crippen molar-refractivity contribution in [2.45, 2.75) is 26.3 Å². The standard InChI is InChI=1S/C11H17N3O3/c1-8-12-10(17-13-8)7-14-5-3-4-9(6-14)11(15)16-2/h9H,3-7H2,1-2H3/t9-/m0/s1. The summed E-state index contributed by atoms with van der Waals surface area (Å²) in [6.45, 7) is 4.05. The van der Waals surface area contributed by atoms with Gasteiger partial charge in [0.05, 0.1) is 19.6 Å². The summed E-state index contributed by atoms with van der Waals surface area (Å²) in [5.74, 6) is 1.09. The summed E-state index contributed by atoms with van der Waals surface area (Å²) in [7, 11) is 1.43. The monoisotopic (exact) mass is 239 g/mol. The van der Waals surface area contributed by atoms with Crippen LogP contribution in [0.1, 0.15) is 24.6 Å². The van der Waals surface area contributed by atoms with E-state index in [2.05, 4.69) is 15.0 Å². The molecule has 0 unspecified atom stereocenters. The van der Waals surface area contributed by atoms with Gasteiger partial charge < -0.3 is 9.26 Å². The number of aryl methyl sites for hydroxylation is 1. The minimum Gasteiger partial charge on any atom is -0.469 e. The Balaban J connectivity index is 1.91. The summed E-state index contributed by atoms with van der Waals surface area (Å²) in [5.41, 5.74) is 0. The van der Waals surface area contributed by atoms with E-state index in [1.807, 2.05) is 0 Å². The Kier molecular flexibility index (Phi) is 3.73. The number of carbonyl (C=O) groups excluding carboxylic acids is 1. The van der Waals surface area contributed by atoms with Crippen LogP contribution in [0, 0.1) is 12.8 Å². The lowest BCUT2D eigenvalue weighted by Gasteiger charge is -2.29. The molecule has 6 nitrogen and oxygen atoms in total. The maximum atomic E-state index is 11.5. The van der Waals surface area contributed by atoms with Crippen LogP contribution in [0.3, 0.4) is 0 Å². The Morgan fingerprint density at radius 3 is 3.12 bits per heavy atom. The van der Waals surface area contributed by atoms with Gasteiger partial charge in [0.15, 0.2) is 5.82 Å². The van der Waals surface area contributed by atoms with Gasteiger partial charge in [-0.2, -0.15) is 4.98 Å². The molecule has 2 heterocycles. The molecular weight excluding hydrogens is 222 g/mol. The molecule has 0 amide bonds. The summed E-state index contributed by atoms with van der Waals surface area (Å²) in [6, 6.07) is 0. The minimum atomic E-state index is -0.128. The Morgan fingerprint density at radius 1 is 1.65 bits per heavy atom. The number of rotatable bonds is 3. The molecule has 2 rings (SSSR count). The van der Waals surface area contributed by atoms with Crippen molar-refractivity contribution in [2.75, 3.05) is 20.2 Å². The first kappa shape index (κ1) is 12.0. The molecule has 1 aliphatic rings. The zero-order valence-corrected chi connectivity index (χ0v) is 10.2. The second-order valence-corrected chi connectivity index (χ2v) is 4.33. The third-order valence-electron chi connectivity index (χ3n) is 2.97. The van der Waals surface area contributed by atoms with E-state index in [1.165, 1.54) is 7.11 Å². The van der Waals surface area contributed by atoms with E-state index in [0.717, 1.165) is 19.4 Å². The van der Waals surface area contributed by atoms with Crippen LogP contribution in [0.4, 0.5) is 0 Å². The highest BCUT2D eigenvalue weighted by Gasteiger charge is 2.27. The van der Waals surface area contributed by atoms with Crippen LogP contribution in [-0.4, -0.2) is 41.2 Å². The molecule has 1 atom stereocenters. The molecule has 6 heteroatoms. The third-order valence-corrected chi connectivity index (χ3v) is 2.97. The van der Waals surface area contributed by atoms with Crippen molar-refractivity contribution in [2.24, 2.45) is 5.92 Å². The van der Waals surface area contributed by atoms with Gasteiger partial charge in [0, 0.05) is 6.54 Å². The third kappa shape index (κ3) is 3.03. The van der Waals surface area contributed by atoms with E-state index in [9.17, 15) is 4.79 Å². The van der Waals surface area contributed by atoms with Crippen LogP contribution >= 0.6 is 0 Å². The topological polar surface area (TPSA) is 68.5 Å². The summed E-state index contributed by atoms with van der Waals surface area (Å²) in [4.78, 5) is 17.8. The molecule has 0 radical (unpaired) electrons. The van der Waals surface area contributed by atoms with Gasteiger partial charge in [0.2, 0.25) is 5.89 Å². The van der Waals surface area contributed by atoms with Crippen LogP contribution in [-0.2, 0) is 16.1 Å². The number of hydrogen-bond acceptors (Lipinski definition) is 6. The van der Waals surface area contributed by atoms with Crippen molar-refractivity contribution in [3.8, 4) is 0 Å². The molecule has 1 aromatic heterocycles. The van der Waals surface area contributed by atoms with E-state index >= 15 is 0 Å². The van der Waals surface area contributed by atoms with E-state index in [-0.39, 0.29) is 11.9 Å². The molecule has 1 saturated heterocycles. The lowest BCUT2D eigenvalue weighted by molar-refractivity contribution is -0.147. The predicted molar refractivity (Wildman–Crippen MR) is 59.1 cm³/mol. The molecule has 0 spiro atoms. The number of piperidine rings is 1. The fourth-order valence-electron chi connectivity index (χ4n) is 2.15. The van der Waals surface area contributed by atoms with Gasteiger partial charge in [-0.1, -0.05) is 5.16 Å². The van der Waals surface area contributed by atoms with Crippen LogP contribution in [0.15, 0.2) is 4.52 Å². The first-order valence-electron chi connectivity index (χ1n) is 5.78. The summed E-state index contributed by atoms with van der Waals surface area (Å²) >= 11 is 0. The van der Waals surface area contributed by atoms with Crippen molar-refractivity contribution in [1.82, 2.24) is 15.0 Å². The number of aromatic nitrogens is 2. The molecular formula is C11H17N3O3. The van der Waals surface area contributed by atoms with Crippen LogP contribution in [0.2, 0.25) is 0 Å².